The van der Waals surface area contributed by atoms with Gasteiger partial charge in [0.05, 0.1) is 23.1 Å². The first-order chi connectivity index (χ1) is 19.7. The third-order valence-corrected chi connectivity index (χ3v) is 10.6. The summed E-state index contributed by atoms with van der Waals surface area (Å²) in [5, 5.41) is 14.4. The van der Waals surface area contributed by atoms with Crippen LogP contribution in [0.1, 0.15) is 37.7 Å². The average Bonchev–Trinajstić information content (AvgIpc) is 3.65. The number of rotatable bonds is 11. The molecule has 5 rings (SSSR count). The second-order valence-corrected chi connectivity index (χ2v) is 13.6. The maximum Gasteiger partial charge on any atom is 0.407 e. The monoisotopic (exact) mass is 586 g/mol. The molecule has 4 N–H and O–H groups in total. The number of fused-ring (bicyclic) bond motifs is 1. The van der Waals surface area contributed by atoms with Crippen LogP contribution in [0.2, 0.25) is 0 Å². The molecule has 10 nitrogen and oxygen atoms in total. The topological polar surface area (TPSA) is 134 Å². The van der Waals surface area contributed by atoms with Crippen LogP contribution in [-0.2, 0) is 25.9 Å². The second-order valence-electron chi connectivity index (χ2n) is 11.6. The number of nitrogens with one attached hydrogen (secondary N) is 1. The van der Waals surface area contributed by atoms with Gasteiger partial charge in [0.25, 0.3) is 0 Å². The molecule has 0 spiro atoms. The molecule has 1 saturated carbocycles. The van der Waals surface area contributed by atoms with E-state index in [1.165, 1.54) is 16.4 Å². The van der Waals surface area contributed by atoms with Crippen LogP contribution in [0.5, 0.6) is 0 Å². The molecule has 2 aliphatic heterocycles. The van der Waals surface area contributed by atoms with Crippen molar-refractivity contribution in [1.29, 1.82) is 0 Å². The molecule has 0 aromatic heterocycles. The molecule has 224 valence electrons. The second kappa shape index (κ2) is 13.1. The minimum atomic E-state index is -3.95. The summed E-state index contributed by atoms with van der Waals surface area (Å²) in [4.78, 5) is 15.3. The van der Waals surface area contributed by atoms with E-state index in [0.29, 0.717) is 24.4 Å². The molecule has 6 atom stereocenters. The van der Waals surface area contributed by atoms with E-state index in [0.717, 1.165) is 44.4 Å². The molecular weight excluding hydrogens is 544 g/mol. The van der Waals surface area contributed by atoms with Crippen molar-refractivity contribution in [3.63, 3.8) is 0 Å². The molecule has 41 heavy (non-hydrogen) atoms. The predicted octanol–water partition coefficient (Wildman–Crippen LogP) is 2.62. The van der Waals surface area contributed by atoms with Crippen LogP contribution < -0.4 is 11.1 Å². The van der Waals surface area contributed by atoms with Crippen molar-refractivity contribution in [2.45, 2.75) is 73.8 Å². The number of likely N-dealkylation sites (tertiary alicyclic amines) is 1. The maximum atomic E-state index is 13.8. The normalized spacial score (nSPS) is 26.1. The van der Waals surface area contributed by atoms with Crippen molar-refractivity contribution in [2.24, 2.45) is 5.92 Å². The summed E-state index contributed by atoms with van der Waals surface area (Å²) in [7, 11) is -1.97. The van der Waals surface area contributed by atoms with Gasteiger partial charge in [0.2, 0.25) is 10.0 Å². The van der Waals surface area contributed by atoms with Crippen LogP contribution in [0, 0.1) is 5.92 Å². The molecule has 1 unspecified atom stereocenters. The number of carbonyl (C=O) groups is 1. The highest BCUT2D eigenvalue weighted by Gasteiger charge is 2.41. The van der Waals surface area contributed by atoms with Gasteiger partial charge in [-0.3, -0.25) is 0 Å². The molecule has 0 bridgehead atoms. The summed E-state index contributed by atoms with van der Waals surface area (Å²) in [6, 6.07) is 14.9. The Morgan fingerprint density at radius 3 is 2.61 bits per heavy atom. The highest BCUT2D eigenvalue weighted by molar-refractivity contribution is 7.89. The van der Waals surface area contributed by atoms with Gasteiger partial charge < -0.3 is 30.5 Å². The summed E-state index contributed by atoms with van der Waals surface area (Å²) in [6.07, 6.45) is 2.69. The third kappa shape index (κ3) is 7.39. The number of nitrogens with two attached hydrogens (primary N) is 1. The number of anilines is 1. The summed E-state index contributed by atoms with van der Waals surface area (Å²) in [5.74, 6) is 0.416. The third-order valence-electron chi connectivity index (χ3n) is 8.74. The van der Waals surface area contributed by atoms with E-state index in [4.69, 9.17) is 15.2 Å². The van der Waals surface area contributed by atoms with Crippen molar-refractivity contribution in [2.75, 3.05) is 39.0 Å². The zero-order valence-electron chi connectivity index (χ0n) is 23.6. The largest absolute Gasteiger partial charge is 0.446 e. The summed E-state index contributed by atoms with van der Waals surface area (Å²) >= 11 is 0. The molecule has 2 aromatic carbocycles. The van der Waals surface area contributed by atoms with E-state index in [-0.39, 0.29) is 36.2 Å². The number of sulfonamides is 1. The molecule has 3 aliphatic rings. The van der Waals surface area contributed by atoms with Crippen molar-refractivity contribution in [1.82, 2.24) is 14.5 Å². The Labute approximate surface area is 242 Å². The minimum absolute atomic E-state index is 0.0280. The van der Waals surface area contributed by atoms with E-state index in [1.807, 2.05) is 37.4 Å². The number of hydrogen-bond donors (Lipinski definition) is 3. The van der Waals surface area contributed by atoms with E-state index in [9.17, 15) is 18.3 Å². The molecule has 2 aromatic rings. The molecule has 1 aliphatic carbocycles. The summed E-state index contributed by atoms with van der Waals surface area (Å²) < 4.78 is 40.5. The smallest absolute Gasteiger partial charge is 0.407 e. The van der Waals surface area contributed by atoms with Crippen molar-refractivity contribution in [3.05, 3.63) is 60.2 Å². The average molecular weight is 587 g/mol. The number of hydrogen-bond acceptors (Lipinski definition) is 8. The summed E-state index contributed by atoms with van der Waals surface area (Å²) in [5.41, 5.74) is 7.18. The van der Waals surface area contributed by atoms with Gasteiger partial charge in [-0.25, -0.2) is 13.2 Å². The number of amides is 1. The molecule has 3 fully saturated rings. The zero-order chi connectivity index (χ0) is 29.0. The molecule has 0 radical (unpaired) electrons. The first kappa shape index (κ1) is 29.8. The van der Waals surface area contributed by atoms with Gasteiger partial charge in [-0.05, 0) is 81.4 Å². The highest BCUT2D eigenvalue weighted by Crippen LogP contribution is 2.37. The number of nitrogens with zero attached hydrogens (tertiary/aromatic N) is 2. The minimum Gasteiger partial charge on any atom is -0.446 e. The number of aliphatic hydroxyl groups is 1. The Morgan fingerprint density at radius 1 is 1.17 bits per heavy atom. The van der Waals surface area contributed by atoms with Crippen molar-refractivity contribution < 1.29 is 27.8 Å². The number of nitrogen functional groups attached to an aromatic ring is 1. The highest BCUT2D eigenvalue weighted by atomic mass is 32.2. The fourth-order valence-electron chi connectivity index (χ4n) is 6.34. The number of likely N-dealkylation sites (N-methyl/N-ethyl adjacent to an activating group) is 1. The first-order valence-electron chi connectivity index (χ1n) is 14.6. The SMILES string of the molecule is CN1CCC[C@@H]1CN(C[C@@H](O)[C@H](Cc1ccccc1)NC(=O)O[C@@H]1CC2CCO[C@@H]2C1)S(=O)(=O)c1ccc(N)cc1. The number of alkyl carbamates (subject to hydrolysis) is 1. The van der Waals surface area contributed by atoms with Gasteiger partial charge in [0.1, 0.15) is 6.10 Å². The Morgan fingerprint density at radius 2 is 1.93 bits per heavy atom. The molecule has 2 heterocycles. The van der Waals surface area contributed by atoms with Crippen LogP contribution in [-0.4, -0.2) is 92.5 Å². The lowest BCUT2D eigenvalue weighted by Crippen LogP contribution is -2.52. The number of benzene rings is 2. The van der Waals surface area contributed by atoms with Gasteiger partial charge in [-0.15, -0.1) is 0 Å². The lowest BCUT2D eigenvalue weighted by molar-refractivity contribution is 0.0551. The van der Waals surface area contributed by atoms with E-state index >= 15 is 0 Å². The number of ether oxygens (including phenoxy) is 2. The zero-order valence-corrected chi connectivity index (χ0v) is 24.4. The quantitative estimate of drug-likeness (QED) is 0.342. The van der Waals surface area contributed by atoms with Crippen LogP contribution >= 0.6 is 0 Å². The molecule has 1 amide bonds. The fraction of sp³-hybridized carbons (Fsp3) is 0.567. The molecular formula is C30H42N4O6S. The standard InChI is InChI=1S/C30H42N4O6S/c1-33-14-5-8-24(33)19-34(41(37,38)26-11-9-23(31)10-12-26)20-28(35)27(16-21-6-3-2-4-7-21)32-30(36)40-25-17-22-13-15-39-29(22)18-25/h2-4,6-7,9-12,22,24-25,27-29,35H,5,8,13-20,31H2,1H3,(H,32,36)/t22?,24-,25-,27+,28-,29-/m1/s1. The van der Waals surface area contributed by atoms with Gasteiger partial charge >= 0.3 is 6.09 Å². The Balaban J connectivity index is 1.33. The Bertz CT molecular complexity index is 1250. The van der Waals surface area contributed by atoms with Gasteiger partial charge in [0, 0.05) is 37.8 Å². The Kier molecular flexibility index (Phi) is 9.50. The maximum absolute atomic E-state index is 13.8. The molecule has 2 saturated heterocycles. The molecule has 11 heteroatoms. The number of aliphatic hydroxyl groups excluding tert-OH is 1. The van der Waals surface area contributed by atoms with Gasteiger partial charge in [-0.1, -0.05) is 30.3 Å². The van der Waals surface area contributed by atoms with Crippen molar-refractivity contribution in [3.8, 4) is 0 Å². The van der Waals surface area contributed by atoms with Crippen LogP contribution in [0.15, 0.2) is 59.5 Å². The van der Waals surface area contributed by atoms with E-state index in [2.05, 4.69) is 10.2 Å². The van der Waals surface area contributed by atoms with E-state index < -0.39 is 28.3 Å². The lowest BCUT2D eigenvalue weighted by atomic mass is 10.0. The summed E-state index contributed by atoms with van der Waals surface area (Å²) in [6.45, 7) is 1.69. The number of carbonyl (C=O) groups excluding carboxylic acids is 1. The van der Waals surface area contributed by atoms with Gasteiger partial charge in [0.15, 0.2) is 0 Å². The van der Waals surface area contributed by atoms with E-state index in [1.54, 1.807) is 12.1 Å². The Hall–Kier alpha value is -2.70. The van der Waals surface area contributed by atoms with Crippen molar-refractivity contribution >= 4 is 21.8 Å². The van der Waals surface area contributed by atoms with Crippen LogP contribution in [0.25, 0.3) is 0 Å². The van der Waals surface area contributed by atoms with Crippen LogP contribution in [0.4, 0.5) is 10.5 Å². The fourth-order valence-corrected chi connectivity index (χ4v) is 7.84. The van der Waals surface area contributed by atoms with Crippen LogP contribution in [0.3, 0.4) is 0 Å². The first-order valence-corrected chi connectivity index (χ1v) is 16.0. The lowest BCUT2D eigenvalue weighted by Gasteiger charge is -2.32. The predicted molar refractivity (Wildman–Crippen MR) is 156 cm³/mol. The van der Waals surface area contributed by atoms with Gasteiger partial charge in [-0.2, -0.15) is 4.31 Å².